The van der Waals surface area contributed by atoms with Crippen LogP contribution in [0.2, 0.25) is 0 Å². The van der Waals surface area contributed by atoms with E-state index in [9.17, 15) is 9.59 Å². The Morgan fingerprint density at radius 3 is 2.39 bits per heavy atom. The Balaban J connectivity index is 2.51. The number of benzene rings is 1. The van der Waals surface area contributed by atoms with Crippen molar-refractivity contribution in [2.45, 2.75) is 20.0 Å². The molecule has 0 atom stereocenters. The van der Waals surface area contributed by atoms with Crippen LogP contribution in [0, 0.1) is 0 Å². The second-order valence-electron chi connectivity index (χ2n) is 3.80. The molecule has 0 aliphatic carbocycles. The highest BCUT2D eigenvalue weighted by atomic mass is 16.7. The van der Waals surface area contributed by atoms with Gasteiger partial charge in [-0.15, -0.1) is 0 Å². The molecular formula is C12H15NO5. The van der Waals surface area contributed by atoms with Crippen LogP contribution in [-0.2, 0) is 9.63 Å². The molecule has 1 aromatic carbocycles. The van der Waals surface area contributed by atoms with Crippen molar-refractivity contribution in [1.29, 1.82) is 0 Å². The minimum absolute atomic E-state index is 0.0589. The van der Waals surface area contributed by atoms with Gasteiger partial charge in [0, 0.05) is 5.56 Å². The maximum absolute atomic E-state index is 11.5. The molecule has 0 aromatic heterocycles. The van der Waals surface area contributed by atoms with Crippen LogP contribution in [0.15, 0.2) is 24.3 Å². The van der Waals surface area contributed by atoms with Gasteiger partial charge in [-0.05, 0) is 38.1 Å². The van der Waals surface area contributed by atoms with Crippen LogP contribution in [0.3, 0.4) is 0 Å². The molecule has 6 nitrogen and oxygen atoms in total. The summed E-state index contributed by atoms with van der Waals surface area (Å²) in [5, 5.41) is 8.32. The maximum atomic E-state index is 11.5. The Labute approximate surface area is 104 Å². The summed E-state index contributed by atoms with van der Waals surface area (Å²) < 4.78 is 5.42. The van der Waals surface area contributed by atoms with Crippen molar-refractivity contribution in [2.24, 2.45) is 0 Å². The maximum Gasteiger partial charge on any atom is 0.332 e. The lowest BCUT2D eigenvalue weighted by Crippen LogP contribution is -2.26. The molecule has 0 aliphatic heterocycles. The first-order valence-electron chi connectivity index (χ1n) is 5.39. The molecule has 0 bridgehead atoms. The van der Waals surface area contributed by atoms with Crippen molar-refractivity contribution in [3.05, 3.63) is 29.8 Å². The molecule has 0 aliphatic rings. The number of carbonyl (C=O) groups excluding carboxylic acids is 1. The van der Waals surface area contributed by atoms with E-state index in [2.05, 4.69) is 4.84 Å². The first kappa shape index (κ1) is 14.0. The third-order valence-corrected chi connectivity index (χ3v) is 1.85. The fourth-order valence-electron chi connectivity index (χ4n) is 1.18. The highest BCUT2D eigenvalue weighted by molar-refractivity contribution is 5.93. The number of rotatable bonds is 6. The molecule has 0 heterocycles. The van der Waals surface area contributed by atoms with Gasteiger partial charge in [-0.2, -0.15) is 0 Å². The lowest BCUT2D eigenvalue weighted by molar-refractivity contribution is -0.144. The first-order chi connectivity index (χ1) is 8.49. The van der Waals surface area contributed by atoms with E-state index >= 15 is 0 Å². The topological polar surface area (TPSA) is 84.9 Å². The number of carbonyl (C=O) groups is 2. The van der Waals surface area contributed by atoms with Crippen LogP contribution >= 0.6 is 0 Å². The summed E-state index contributed by atoms with van der Waals surface area (Å²) in [4.78, 5) is 26.1. The van der Waals surface area contributed by atoms with Gasteiger partial charge < -0.3 is 9.84 Å². The molecule has 0 unspecified atom stereocenters. The fourth-order valence-corrected chi connectivity index (χ4v) is 1.18. The second kappa shape index (κ2) is 6.61. The van der Waals surface area contributed by atoms with E-state index in [4.69, 9.17) is 9.84 Å². The number of aliphatic carboxylic acids is 1. The zero-order chi connectivity index (χ0) is 13.5. The molecule has 0 spiro atoms. The van der Waals surface area contributed by atoms with Crippen LogP contribution in [0.1, 0.15) is 24.2 Å². The van der Waals surface area contributed by atoms with Crippen LogP contribution in [-0.4, -0.2) is 29.7 Å². The largest absolute Gasteiger partial charge is 0.491 e. The van der Waals surface area contributed by atoms with Crippen molar-refractivity contribution in [3.8, 4) is 5.75 Å². The molecule has 18 heavy (non-hydrogen) atoms. The summed E-state index contributed by atoms with van der Waals surface area (Å²) in [5.41, 5.74) is 2.39. The zero-order valence-corrected chi connectivity index (χ0v) is 10.2. The summed E-state index contributed by atoms with van der Waals surface area (Å²) >= 11 is 0. The summed E-state index contributed by atoms with van der Waals surface area (Å²) in [6, 6.07) is 6.45. The van der Waals surface area contributed by atoms with Gasteiger partial charge in [-0.3, -0.25) is 9.63 Å². The van der Waals surface area contributed by atoms with E-state index in [1.807, 2.05) is 19.3 Å². The molecule has 1 rings (SSSR count). The Morgan fingerprint density at radius 1 is 1.28 bits per heavy atom. The smallest absolute Gasteiger partial charge is 0.332 e. The van der Waals surface area contributed by atoms with Crippen molar-refractivity contribution in [1.82, 2.24) is 5.48 Å². The van der Waals surface area contributed by atoms with E-state index in [-0.39, 0.29) is 6.10 Å². The number of hydrogen-bond acceptors (Lipinski definition) is 4. The first-order valence-corrected chi connectivity index (χ1v) is 5.39. The van der Waals surface area contributed by atoms with E-state index in [0.717, 1.165) is 0 Å². The highest BCUT2D eigenvalue weighted by Crippen LogP contribution is 2.13. The average Bonchev–Trinajstić information content (AvgIpc) is 2.28. The Morgan fingerprint density at radius 2 is 1.89 bits per heavy atom. The summed E-state index contributed by atoms with van der Waals surface area (Å²) in [6.07, 6.45) is 0.0589. The molecule has 98 valence electrons. The standard InChI is InChI=1S/C12H15NO5/c1-8(2)18-10-5-3-9(4-6-10)12(16)13-17-7-11(14)15/h3-6,8H,7H2,1-2H3,(H,13,16)(H,14,15). The van der Waals surface area contributed by atoms with Gasteiger partial charge in [0.1, 0.15) is 5.75 Å². The fraction of sp³-hybridized carbons (Fsp3) is 0.333. The van der Waals surface area contributed by atoms with Crippen LogP contribution < -0.4 is 10.2 Å². The molecule has 1 amide bonds. The van der Waals surface area contributed by atoms with E-state index in [1.165, 1.54) is 0 Å². The van der Waals surface area contributed by atoms with Crippen molar-refractivity contribution in [2.75, 3.05) is 6.61 Å². The van der Waals surface area contributed by atoms with Crippen LogP contribution in [0.5, 0.6) is 5.75 Å². The van der Waals surface area contributed by atoms with Gasteiger partial charge in [0.15, 0.2) is 6.61 Å². The average molecular weight is 253 g/mol. The molecular weight excluding hydrogens is 238 g/mol. The Bertz CT molecular complexity index is 413. The minimum atomic E-state index is -1.16. The van der Waals surface area contributed by atoms with Gasteiger partial charge in [0.05, 0.1) is 6.10 Å². The summed E-state index contributed by atoms with van der Waals surface area (Å²) in [7, 11) is 0. The van der Waals surface area contributed by atoms with Crippen LogP contribution in [0.25, 0.3) is 0 Å². The number of amides is 1. The number of carboxylic acid groups (broad SMARTS) is 1. The lowest BCUT2D eigenvalue weighted by Gasteiger charge is -2.10. The van der Waals surface area contributed by atoms with Gasteiger partial charge in [-0.1, -0.05) is 0 Å². The Hall–Kier alpha value is -2.08. The molecule has 0 saturated heterocycles. The van der Waals surface area contributed by atoms with Crippen molar-refractivity contribution in [3.63, 3.8) is 0 Å². The number of hydrogen-bond donors (Lipinski definition) is 2. The molecule has 0 saturated carbocycles. The number of hydroxylamine groups is 1. The SMILES string of the molecule is CC(C)Oc1ccc(C(=O)NOCC(=O)O)cc1. The van der Waals surface area contributed by atoms with E-state index in [0.29, 0.717) is 11.3 Å². The third kappa shape index (κ3) is 4.84. The Kier molecular flexibility index (Phi) is 5.13. The predicted molar refractivity (Wildman–Crippen MR) is 63.3 cm³/mol. The highest BCUT2D eigenvalue weighted by Gasteiger charge is 2.07. The molecule has 2 N–H and O–H groups in total. The third-order valence-electron chi connectivity index (χ3n) is 1.85. The van der Waals surface area contributed by atoms with E-state index < -0.39 is 18.5 Å². The second-order valence-corrected chi connectivity index (χ2v) is 3.80. The predicted octanol–water partition coefficient (Wildman–Crippen LogP) is 1.22. The zero-order valence-electron chi connectivity index (χ0n) is 10.2. The van der Waals surface area contributed by atoms with E-state index in [1.54, 1.807) is 24.3 Å². The normalized spacial score (nSPS) is 10.2. The van der Waals surface area contributed by atoms with Gasteiger partial charge in [-0.25, -0.2) is 10.3 Å². The quantitative estimate of drug-likeness (QED) is 0.744. The molecule has 1 aromatic rings. The van der Waals surface area contributed by atoms with Crippen molar-refractivity contribution >= 4 is 11.9 Å². The molecule has 6 heteroatoms. The summed E-state index contributed by atoms with van der Waals surface area (Å²) in [5.74, 6) is -1.00. The monoisotopic (exact) mass is 253 g/mol. The minimum Gasteiger partial charge on any atom is -0.491 e. The van der Waals surface area contributed by atoms with Crippen molar-refractivity contribution < 1.29 is 24.3 Å². The van der Waals surface area contributed by atoms with Gasteiger partial charge >= 0.3 is 5.97 Å². The lowest BCUT2D eigenvalue weighted by atomic mass is 10.2. The van der Waals surface area contributed by atoms with Gasteiger partial charge in [0.25, 0.3) is 5.91 Å². The number of ether oxygens (including phenoxy) is 1. The van der Waals surface area contributed by atoms with Crippen LogP contribution in [0.4, 0.5) is 0 Å². The number of nitrogens with one attached hydrogen (secondary N) is 1. The molecule has 0 radical (unpaired) electrons. The summed E-state index contributed by atoms with van der Waals surface area (Å²) in [6.45, 7) is 3.22. The van der Waals surface area contributed by atoms with Gasteiger partial charge in [0.2, 0.25) is 0 Å². The number of carboxylic acids is 1. The molecule has 0 fully saturated rings.